The van der Waals surface area contributed by atoms with Gasteiger partial charge in [0.15, 0.2) is 0 Å². The van der Waals surface area contributed by atoms with Crippen molar-refractivity contribution in [2.24, 2.45) is 23.0 Å². The standard InChI is InChI=1S/C49H66N6O11/c1-49(2,3)41(54-44(59)36(26-16-17-27-38(56)65-4)51-43(58)34-24-14-15-25-35(34)48(63)64)47(62)55-29-33(66-32-22-12-7-13-23-32)28-37(55)45(60)53-40(31-20-10-6-11-21-31)46(61)52-39(42(50)57)30-18-8-5-9-19-30/h7,12-15,17,22-25,27,30-31,33,36-37,39-41H,5-6,8-11,16,18-21,26,28-29H2,1-4H3,(H2,50,57)(H,51,58)(H,52,61)(H,53,60)(H,54,59)(H,63,64)/b27-17+/t33-,36-,37-,39-,40-,41+/m0/s1. The molecule has 2 saturated carbocycles. The summed E-state index contributed by atoms with van der Waals surface area (Å²) >= 11 is 0. The Labute approximate surface area is 386 Å². The van der Waals surface area contributed by atoms with Crippen LogP contribution in [0.5, 0.6) is 5.75 Å². The summed E-state index contributed by atoms with van der Waals surface area (Å²) in [5.74, 6) is -5.78. The van der Waals surface area contributed by atoms with Crippen LogP contribution >= 0.6 is 0 Å². The van der Waals surface area contributed by atoms with Crippen molar-refractivity contribution < 1.29 is 52.9 Å². The van der Waals surface area contributed by atoms with Crippen molar-refractivity contribution >= 4 is 47.4 Å². The van der Waals surface area contributed by atoms with E-state index in [1.807, 2.05) is 6.07 Å². The van der Waals surface area contributed by atoms with Gasteiger partial charge in [-0.2, -0.15) is 0 Å². The van der Waals surface area contributed by atoms with Gasteiger partial charge in [-0.3, -0.25) is 28.8 Å². The number of carboxylic acid groups (broad SMARTS) is 1. The first kappa shape index (κ1) is 50.7. The van der Waals surface area contributed by atoms with Crippen molar-refractivity contribution in [2.75, 3.05) is 13.7 Å². The summed E-state index contributed by atoms with van der Waals surface area (Å²) in [5, 5.41) is 21.1. The lowest BCUT2D eigenvalue weighted by atomic mass is 9.81. The maximum Gasteiger partial charge on any atom is 0.336 e. The number of methoxy groups -OCH3 is 1. The second-order valence-corrected chi connectivity index (χ2v) is 18.7. The van der Waals surface area contributed by atoms with Crippen molar-refractivity contribution in [3.05, 3.63) is 77.9 Å². The number of hydrogen-bond donors (Lipinski definition) is 6. The van der Waals surface area contributed by atoms with E-state index < -0.39 is 89.1 Å². The van der Waals surface area contributed by atoms with Crippen molar-refractivity contribution in [1.82, 2.24) is 26.2 Å². The van der Waals surface area contributed by atoms with Gasteiger partial charge in [-0.05, 0) is 80.0 Å². The first-order valence-corrected chi connectivity index (χ1v) is 23.1. The van der Waals surface area contributed by atoms with Gasteiger partial charge in [-0.15, -0.1) is 0 Å². The van der Waals surface area contributed by atoms with Crippen LogP contribution in [0.25, 0.3) is 0 Å². The quantitative estimate of drug-likeness (QED) is 0.0861. The molecule has 2 aliphatic carbocycles. The highest BCUT2D eigenvalue weighted by molar-refractivity contribution is 6.06. The Morgan fingerprint density at radius 3 is 1.94 bits per heavy atom. The van der Waals surface area contributed by atoms with Crippen molar-refractivity contribution in [3.8, 4) is 5.75 Å². The van der Waals surface area contributed by atoms with Crippen LogP contribution in [0, 0.1) is 17.3 Å². The third-order valence-corrected chi connectivity index (χ3v) is 12.8. The van der Waals surface area contributed by atoms with E-state index in [1.165, 1.54) is 48.4 Å². The van der Waals surface area contributed by atoms with Gasteiger partial charge in [0.2, 0.25) is 29.5 Å². The highest BCUT2D eigenvalue weighted by Crippen LogP contribution is 2.32. The summed E-state index contributed by atoms with van der Waals surface area (Å²) in [4.78, 5) is 110. The number of aromatic carboxylic acids is 1. The van der Waals surface area contributed by atoms with Gasteiger partial charge in [0.05, 0.1) is 24.8 Å². The number of para-hydroxylation sites is 1. The van der Waals surface area contributed by atoms with Crippen LogP contribution in [0.4, 0.5) is 0 Å². The van der Waals surface area contributed by atoms with E-state index in [4.69, 9.17) is 10.5 Å². The molecule has 0 unspecified atom stereocenters. The Morgan fingerprint density at radius 2 is 1.36 bits per heavy atom. The Morgan fingerprint density at radius 1 is 0.773 bits per heavy atom. The molecule has 358 valence electrons. The molecule has 5 rings (SSSR count). The Bertz CT molecular complexity index is 2080. The van der Waals surface area contributed by atoms with Gasteiger partial charge < -0.3 is 46.5 Å². The van der Waals surface area contributed by atoms with Crippen LogP contribution in [0.1, 0.15) is 125 Å². The first-order valence-electron chi connectivity index (χ1n) is 23.1. The van der Waals surface area contributed by atoms with Gasteiger partial charge in [0.1, 0.15) is 42.1 Å². The molecular formula is C49H66N6O11. The number of esters is 1. The second-order valence-electron chi connectivity index (χ2n) is 18.7. The molecule has 6 amide bonds. The molecule has 66 heavy (non-hydrogen) atoms. The summed E-state index contributed by atoms with van der Waals surface area (Å²) in [6.07, 6.45) is 10.5. The number of ether oxygens (including phenoxy) is 2. The van der Waals surface area contributed by atoms with Gasteiger partial charge in [0, 0.05) is 12.5 Å². The smallest absolute Gasteiger partial charge is 0.336 e. The molecule has 1 saturated heterocycles. The fourth-order valence-corrected chi connectivity index (χ4v) is 9.25. The molecule has 0 bridgehead atoms. The third kappa shape index (κ3) is 13.9. The molecule has 17 heteroatoms. The number of nitrogens with one attached hydrogen (secondary N) is 4. The van der Waals surface area contributed by atoms with Gasteiger partial charge >= 0.3 is 11.9 Å². The SMILES string of the molecule is COC(=O)/C=C/CC[C@H](NC(=O)c1ccccc1C(=O)O)C(=O)N[C@H](C(=O)N1C[C@@H](Oc2ccccc2)C[C@H]1C(=O)N[C@H](C(=O)N[C@H](C(N)=O)C1CCCCC1)C1CCCCC1)C(C)(C)C. The van der Waals surface area contributed by atoms with E-state index in [2.05, 4.69) is 26.0 Å². The minimum absolute atomic E-state index is 0.0511. The average Bonchev–Trinajstić information content (AvgIpc) is 3.73. The number of amides is 6. The maximum absolute atomic E-state index is 15.0. The largest absolute Gasteiger partial charge is 0.488 e. The van der Waals surface area contributed by atoms with E-state index in [1.54, 1.807) is 45.0 Å². The molecule has 1 heterocycles. The van der Waals surface area contributed by atoms with Crippen LogP contribution in [0.15, 0.2) is 66.7 Å². The summed E-state index contributed by atoms with van der Waals surface area (Å²) < 4.78 is 11.0. The minimum Gasteiger partial charge on any atom is -0.488 e. The fraction of sp³-hybridized carbons (Fsp3) is 0.551. The zero-order valence-electron chi connectivity index (χ0n) is 38.4. The number of rotatable bonds is 19. The first-order chi connectivity index (χ1) is 31.5. The number of primary amides is 1. The molecule has 0 aromatic heterocycles. The van der Waals surface area contributed by atoms with E-state index in [-0.39, 0.29) is 48.8 Å². The summed E-state index contributed by atoms with van der Waals surface area (Å²) in [7, 11) is 1.21. The Kier molecular flexibility index (Phi) is 18.3. The van der Waals surface area contributed by atoms with Crippen LogP contribution in [0.2, 0.25) is 0 Å². The molecule has 7 N–H and O–H groups in total. The maximum atomic E-state index is 15.0. The van der Waals surface area contributed by atoms with Crippen LogP contribution in [-0.2, 0) is 33.5 Å². The predicted molar refractivity (Wildman–Crippen MR) is 244 cm³/mol. The number of carbonyl (C=O) groups is 8. The number of allylic oxidation sites excluding steroid dienone is 1. The van der Waals surface area contributed by atoms with Crippen LogP contribution < -0.4 is 31.7 Å². The number of nitrogens with two attached hydrogens (primary N) is 1. The third-order valence-electron chi connectivity index (χ3n) is 12.8. The van der Waals surface area contributed by atoms with Crippen molar-refractivity contribution in [3.63, 3.8) is 0 Å². The molecule has 3 fully saturated rings. The van der Waals surface area contributed by atoms with Crippen LogP contribution in [-0.4, -0.2) is 107 Å². The topological polar surface area (TPSA) is 253 Å². The van der Waals surface area contributed by atoms with Gasteiger partial charge in [0.25, 0.3) is 5.91 Å². The summed E-state index contributed by atoms with van der Waals surface area (Å²) in [6.45, 7) is 5.16. The Balaban J connectivity index is 1.43. The fourth-order valence-electron chi connectivity index (χ4n) is 9.25. The van der Waals surface area contributed by atoms with Gasteiger partial charge in [-0.25, -0.2) is 9.59 Å². The number of hydrogen-bond acceptors (Lipinski definition) is 10. The lowest BCUT2D eigenvalue weighted by molar-refractivity contribution is -0.145. The van der Waals surface area contributed by atoms with E-state index in [0.717, 1.165) is 51.4 Å². The molecule has 1 aliphatic heterocycles. The predicted octanol–water partition coefficient (Wildman–Crippen LogP) is 4.19. The molecule has 2 aromatic carbocycles. The number of nitrogens with zero attached hydrogens (tertiary/aromatic N) is 1. The highest BCUT2D eigenvalue weighted by atomic mass is 16.5. The molecule has 6 atom stereocenters. The zero-order chi connectivity index (χ0) is 48.0. The molecule has 3 aliphatic rings. The van der Waals surface area contributed by atoms with E-state index in [0.29, 0.717) is 18.6 Å². The second kappa shape index (κ2) is 23.8. The number of benzene rings is 2. The van der Waals surface area contributed by atoms with E-state index >= 15 is 4.79 Å². The molecule has 2 aromatic rings. The molecule has 0 radical (unpaired) electrons. The van der Waals surface area contributed by atoms with Crippen molar-refractivity contribution in [2.45, 2.75) is 141 Å². The van der Waals surface area contributed by atoms with E-state index in [9.17, 15) is 38.7 Å². The van der Waals surface area contributed by atoms with Crippen LogP contribution in [0.3, 0.4) is 0 Å². The molecule has 0 spiro atoms. The molecular weight excluding hydrogens is 849 g/mol. The number of likely N-dealkylation sites (tertiary alicyclic amines) is 1. The lowest BCUT2D eigenvalue weighted by Gasteiger charge is -2.37. The minimum atomic E-state index is -1.35. The average molecular weight is 915 g/mol. The normalized spacial score (nSPS) is 20.0. The number of carboxylic acids is 1. The monoisotopic (exact) mass is 914 g/mol. The van der Waals surface area contributed by atoms with Crippen molar-refractivity contribution in [1.29, 1.82) is 0 Å². The zero-order valence-corrected chi connectivity index (χ0v) is 38.4. The number of carbonyl (C=O) groups excluding carboxylic acids is 7. The highest BCUT2D eigenvalue weighted by Gasteiger charge is 2.47. The summed E-state index contributed by atoms with van der Waals surface area (Å²) in [6, 6.07) is 8.79. The lowest BCUT2D eigenvalue weighted by Crippen LogP contribution is -2.62. The Hall–Kier alpha value is -6.26. The molecule has 17 nitrogen and oxygen atoms in total. The van der Waals surface area contributed by atoms with Gasteiger partial charge in [-0.1, -0.05) is 95.7 Å². The summed E-state index contributed by atoms with van der Waals surface area (Å²) in [5.41, 5.74) is 4.41.